The van der Waals surface area contributed by atoms with Gasteiger partial charge in [0.1, 0.15) is 5.82 Å². The van der Waals surface area contributed by atoms with Gasteiger partial charge in [-0.2, -0.15) is 0 Å². The van der Waals surface area contributed by atoms with E-state index in [9.17, 15) is 0 Å². The van der Waals surface area contributed by atoms with Gasteiger partial charge < -0.3 is 9.67 Å². The first-order chi connectivity index (χ1) is 5.38. The van der Waals surface area contributed by atoms with Crippen molar-refractivity contribution in [1.82, 2.24) is 9.55 Å². The van der Waals surface area contributed by atoms with Gasteiger partial charge in [-0.3, -0.25) is 0 Å². The van der Waals surface area contributed by atoms with Crippen molar-refractivity contribution < 1.29 is 5.11 Å². The molecule has 1 N–H and O–H groups in total. The van der Waals surface area contributed by atoms with Crippen molar-refractivity contribution >= 4 is 6.08 Å². The van der Waals surface area contributed by atoms with Gasteiger partial charge >= 0.3 is 0 Å². The minimum absolute atomic E-state index is 0.154. The van der Waals surface area contributed by atoms with Crippen LogP contribution in [0.15, 0.2) is 18.5 Å². The molecule has 0 fully saturated rings. The Balaban J connectivity index is 2.78. The zero-order valence-corrected chi connectivity index (χ0v) is 6.57. The molecule has 0 aromatic carbocycles. The summed E-state index contributed by atoms with van der Waals surface area (Å²) >= 11 is 0. The highest BCUT2D eigenvalue weighted by Crippen LogP contribution is 1.98. The number of imidazole rings is 1. The van der Waals surface area contributed by atoms with Gasteiger partial charge in [0.25, 0.3) is 0 Å². The summed E-state index contributed by atoms with van der Waals surface area (Å²) in [6.45, 7) is 2.71. The zero-order chi connectivity index (χ0) is 8.10. The van der Waals surface area contributed by atoms with Crippen molar-refractivity contribution in [2.45, 2.75) is 13.5 Å². The lowest BCUT2D eigenvalue weighted by molar-refractivity contribution is 0.275. The fraction of sp³-hybridized carbons (Fsp3) is 0.375. The van der Waals surface area contributed by atoms with Crippen LogP contribution in [0, 0.1) is 0 Å². The van der Waals surface area contributed by atoms with Crippen LogP contribution < -0.4 is 0 Å². The van der Waals surface area contributed by atoms with Crippen molar-refractivity contribution in [3.05, 3.63) is 24.3 Å². The van der Waals surface area contributed by atoms with Gasteiger partial charge in [0.2, 0.25) is 0 Å². The second-order valence-electron chi connectivity index (χ2n) is 2.20. The molecular formula is C8H12N2O. The molecule has 0 saturated heterocycles. The standard InChI is InChI=1S/C8H12N2O/c1-2-3-8-9-4-5-10(8)6-7-11/h2-5,11H,6-7H2,1H3. The molecule has 3 nitrogen and oxygen atoms in total. The Hall–Kier alpha value is -1.09. The van der Waals surface area contributed by atoms with Gasteiger partial charge in [-0.15, -0.1) is 0 Å². The first-order valence-corrected chi connectivity index (χ1v) is 3.63. The average Bonchev–Trinajstić information content (AvgIpc) is 2.39. The molecule has 1 heterocycles. The average molecular weight is 152 g/mol. The predicted octanol–water partition coefficient (Wildman–Crippen LogP) is 0.908. The first-order valence-electron chi connectivity index (χ1n) is 3.63. The predicted molar refractivity (Wildman–Crippen MR) is 44.0 cm³/mol. The minimum atomic E-state index is 0.154. The topological polar surface area (TPSA) is 38.0 Å². The third-order valence-corrected chi connectivity index (χ3v) is 1.40. The molecule has 11 heavy (non-hydrogen) atoms. The van der Waals surface area contributed by atoms with Crippen LogP contribution in [-0.4, -0.2) is 21.3 Å². The van der Waals surface area contributed by atoms with E-state index in [-0.39, 0.29) is 6.61 Å². The van der Waals surface area contributed by atoms with E-state index in [0.717, 1.165) is 5.82 Å². The Morgan fingerprint density at radius 1 is 1.73 bits per heavy atom. The molecule has 60 valence electrons. The molecule has 0 saturated carbocycles. The van der Waals surface area contributed by atoms with E-state index in [1.807, 2.05) is 29.8 Å². The van der Waals surface area contributed by atoms with Crippen molar-refractivity contribution in [2.75, 3.05) is 6.61 Å². The van der Waals surface area contributed by atoms with E-state index in [1.165, 1.54) is 0 Å². The van der Waals surface area contributed by atoms with Gasteiger partial charge in [-0.1, -0.05) is 6.08 Å². The van der Waals surface area contributed by atoms with Crippen LogP contribution in [0.4, 0.5) is 0 Å². The molecule has 0 spiro atoms. The Kier molecular flexibility index (Phi) is 2.86. The molecule has 1 rings (SSSR count). The van der Waals surface area contributed by atoms with E-state index in [0.29, 0.717) is 6.54 Å². The van der Waals surface area contributed by atoms with Crippen LogP contribution in [0.5, 0.6) is 0 Å². The largest absolute Gasteiger partial charge is 0.395 e. The molecular weight excluding hydrogens is 140 g/mol. The number of nitrogens with zero attached hydrogens (tertiary/aromatic N) is 2. The smallest absolute Gasteiger partial charge is 0.132 e. The normalized spacial score (nSPS) is 11.1. The lowest BCUT2D eigenvalue weighted by atomic mass is 10.5. The summed E-state index contributed by atoms with van der Waals surface area (Å²) in [6, 6.07) is 0. The van der Waals surface area contributed by atoms with Crippen molar-refractivity contribution in [3.63, 3.8) is 0 Å². The summed E-state index contributed by atoms with van der Waals surface area (Å²) in [6.07, 6.45) is 7.42. The monoisotopic (exact) mass is 152 g/mol. The molecule has 3 heteroatoms. The van der Waals surface area contributed by atoms with E-state index in [2.05, 4.69) is 4.98 Å². The van der Waals surface area contributed by atoms with Gasteiger partial charge in [-0.25, -0.2) is 4.98 Å². The van der Waals surface area contributed by atoms with Crippen molar-refractivity contribution in [3.8, 4) is 0 Å². The third-order valence-electron chi connectivity index (χ3n) is 1.40. The zero-order valence-electron chi connectivity index (χ0n) is 6.57. The van der Waals surface area contributed by atoms with Crippen LogP contribution in [-0.2, 0) is 6.54 Å². The molecule has 1 aromatic heterocycles. The van der Waals surface area contributed by atoms with E-state index in [4.69, 9.17) is 5.11 Å². The maximum Gasteiger partial charge on any atom is 0.132 e. The van der Waals surface area contributed by atoms with E-state index < -0.39 is 0 Å². The Morgan fingerprint density at radius 3 is 3.18 bits per heavy atom. The number of allylic oxidation sites excluding steroid dienone is 1. The molecule has 1 aromatic rings. The molecule has 0 radical (unpaired) electrons. The number of aliphatic hydroxyl groups is 1. The number of hydrogen-bond acceptors (Lipinski definition) is 2. The minimum Gasteiger partial charge on any atom is -0.395 e. The number of rotatable bonds is 3. The molecule has 0 aliphatic rings. The van der Waals surface area contributed by atoms with E-state index >= 15 is 0 Å². The molecule has 0 bridgehead atoms. The van der Waals surface area contributed by atoms with Crippen molar-refractivity contribution in [2.24, 2.45) is 0 Å². The highest BCUT2D eigenvalue weighted by molar-refractivity contribution is 5.39. The highest BCUT2D eigenvalue weighted by Gasteiger charge is 1.95. The van der Waals surface area contributed by atoms with Crippen LogP contribution in [0.3, 0.4) is 0 Å². The number of aromatic nitrogens is 2. The summed E-state index contributed by atoms with van der Waals surface area (Å²) in [5.74, 6) is 0.890. The van der Waals surface area contributed by atoms with Crippen LogP contribution in [0.25, 0.3) is 6.08 Å². The SMILES string of the molecule is CC=Cc1nccn1CCO. The van der Waals surface area contributed by atoms with Crippen LogP contribution >= 0.6 is 0 Å². The molecule has 0 atom stereocenters. The summed E-state index contributed by atoms with van der Waals surface area (Å²) in [7, 11) is 0. The highest BCUT2D eigenvalue weighted by atomic mass is 16.3. The van der Waals surface area contributed by atoms with E-state index in [1.54, 1.807) is 6.20 Å². The number of hydrogen-bond donors (Lipinski definition) is 1. The lowest BCUT2D eigenvalue weighted by Crippen LogP contribution is -2.02. The third kappa shape index (κ3) is 1.91. The van der Waals surface area contributed by atoms with Gasteiger partial charge in [0.05, 0.1) is 6.61 Å². The lowest BCUT2D eigenvalue weighted by Gasteiger charge is -1.99. The first kappa shape index (κ1) is 8.01. The maximum atomic E-state index is 8.66. The molecule has 0 aliphatic carbocycles. The van der Waals surface area contributed by atoms with Crippen LogP contribution in [0.1, 0.15) is 12.7 Å². The Bertz CT molecular complexity index is 240. The Morgan fingerprint density at radius 2 is 2.55 bits per heavy atom. The summed E-state index contributed by atoms with van der Waals surface area (Å²) in [4.78, 5) is 4.09. The van der Waals surface area contributed by atoms with Crippen LogP contribution in [0.2, 0.25) is 0 Å². The molecule has 0 aliphatic heterocycles. The second-order valence-corrected chi connectivity index (χ2v) is 2.20. The van der Waals surface area contributed by atoms with Crippen molar-refractivity contribution in [1.29, 1.82) is 0 Å². The fourth-order valence-corrected chi connectivity index (χ4v) is 0.925. The Labute approximate surface area is 66.0 Å². The van der Waals surface area contributed by atoms with Gasteiger partial charge in [0, 0.05) is 18.9 Å². The summed E-state index contributed by atoms with van der Waals surface area (Å²) in [5, 5.41) is 8.66. The summed E-state index contributed by atoms with van der Waals surface area (Å²) < 4.78 is 1.90. The fourth-order valence-electron chi connectivity index (χ4n) is 0.925. The molecule has 0 unspecified atom stereocenters. The molecule has 0 amide bonds. The number of aliphatic hydroxyl groups excluding tert-OH is 1. The summed E-state index contributed by atoms with van der Waals surface area (Å²) in [5.41, 5.74) is 0. The quantitative estimate of drug-likeness (QED) is 0.699. The second kappa shape index (κ2) is 3.93. The maximum absolute atomic E-state index is 8.66. The van der Waals surface area contributed by atoms with Gasteiger partial charge in [0.15, 0.2) is 0 Å². The van der Waals surface area contributed by atoms with Gasteiger partial charge in [-0.05, 0) is 13.0 Å².